The number of amides is 1. The molecule has 21 heavy (non-hydrogen) atoms. The van der Waals surface area contributed by atoms with Crippen molar-refractivity contribution in [3.63, 3.8) is 0 Å². The predicted octanol–water partition coefficient (Wildman–Crippen LogP) is 4.04. The molecule has 0 bridgehead atoms. The third-order valence-electron chi connectivity index (χ3n) is 3.50. The normalized spacial score (nSPS) is 14.2. The van der Waals surface area contributed by atoms with Gasteiger partial charge in [0.1, 0.15) is 5.82 Å². The van der Waals surface area contributed by atoms with Crippen LogP contribution < -0.4 is 5.73 Å². The molecule has 0 saturated heterocycles. The standard InChI is InChI=1S/C15H14BrFN2OS/c16-12-6-13(17)14(18)5-11(12)15(20)19(10-1-2-10)7-9-3-4-21-8-9/h3-6,8,10H,1-2,7,18H2. The van der Waals surface area contributed by atoms with Crippen LogP contribution in [-0.4, -0.2) is 16.8 Å². The summed E-state index contributed by atoms with van der Waals surface area (Å²) < 4.78 is 13.9. The Balaban J connectivity index is 1.89. The molecule has 1 heterocycles. The van der Waals surface area contributed by atoms with Gasteiger partial charge in [0, 0.05) is 17.1 Å². The Morgan fingerprint density at radius 1 is 1.48 bits per heavy atom. The van der Waals surface area contributed by atoms with Gasteiger partial charge in [0.25, 0.3) is 5.91 Å². The number of halogens is 2. The number of hydrogen-bond acceptors (Lipinski definition) is 3. The molecule has 1 amide bonds. The number of benzene rings is 1. The van der Waals surface area contributed by atoms with Crippen molar-refractivity contribution in [2.45, 2.75) is 25.4 Å². The highest BCUT2D eigenvalue weighted by Crippen LogP contribution is 2.32. The topological polar surface area (TPSA) is 46.3 Å². The largest absolute Gasteiger partial charge is 0.396 e. The number of rotatable bonds is 4. The number of nitrogen functional groups attached to an aromatic ring is 1. The van der Waals surface area contributed by atoms with Gasteiger partial charge in [-0.25, -0.2) is 4.39 Å². The lowest BCUT2D eigenvalue weighted by atomic mass is 10.1. The highest BCUT2D eigenvalue weighted by molar-refractivity contribution is 9.10. The molecule has 6 heteroatoms. The minimum absolute atomic E-state index is 0.00664. The van der Waals surface area contributed by atoms with Gasteiger partial charge < -0.3 is 10.6 Å². The first-order valence-electron chi connectivity index (χ1n) is 6.63. The first-order valence-corrected chi connectivity index (χ1v) is 8.36. The summed E-state index contributed by atoms with van der Waals surface area (Å²) in [6, 6.07) is 4.94. The van der Waals surface area contributed by atoms with Gasteiger partial charge in [-0.15, -0.1) is 0 Å². The fourth-order valence-corrected chi connectivity index (χ4v) is 3.36. The van der Waals surface area contributed by atoms with Crippen LogP contribution in [0.3, 0.4) is 0 Å². The van der Waals surface area contributed by atoms with Crippen LogP contribution in [0, 0.1) is 5.82 Å². The van der Waals surface area contributed by atoms with Crippen LogP contribution in [0.2, 0.25) is 0 Å². The molecule has 1 aliphatic carbocycles. The van der Waals surface area contributed by atoms with E-state index in [4.69, 9.17) is 5.73 Å². The molecule has 2 aromatic rings. The third-order valence-corrected chi connectivity index (χ3v) is 4.89. The lowest BCUT2D eigenvalue weighted by molar-refractivity contribution is 0.0729. The van der Waals surface area contributed by atoms with Gasteiger partial charge in [-0.1, -0.05) is 0 Å². The summed E-state index contributed by atoms with van der Waals surface area (Å²) >= 11 is 4.87. The van der Waals surface area contributed by atoms with Crippen LogP contribution in [-0.2, 0) is 6.54 Å². The fraction of sp³-hybridized carbons (Fsp3) is 0.267. The van der Waals surface area contributed by atoms with Crippen molar-refractivity contribution in [2.24, 2.45) is 0 Å². The van der Waals surface area contributed by atoms with Crippen molar-refractivity contribution in [3.05, 3.63) is 50.4 Å². The number of thiophene rings is 1. The highest BCUT2D eigenvalue weighted by atomic mass is 79.9. The Labute approximate surface area is 134 Å². The highest BCUT2D eigenvalue weighted by Gasteiger charge is 2.34. The van der Waals surface area contributed by atoms with Crippen molar-refractivity contribution in [1.82, 2.24) is 4.90 Å². The first-order chi connectivity index (χ1) is 10.1. The van der Waals surface area contributed by atoms with Gasteiger partial charge in [-0.3, -0.25) is 4.79 Å². The Morgan fingerprint density at radius 3 is 2.86 bits per heavy atom. The van der Waals surface area contributed by atoms with Crippen molar-refractivity contribution >= 4 is 38.9 Å². The molecule has 3 rings (SSSR count). The van der Waals surface area contributed by atoms with E-state index in [1.807, 2.05) is 21.7 Å². The average Bonchev–Trinajstić information content (AvgIpc) is 3.16. The van der Waals surface area contributed by atoms with E-state index in [0.717, 1.165) is 18.4 Å². The van der Waals surface area contributed by atoms with Crippen molar-refractivity contribution in [2.75, 3.05) is 5.73 Å². The van der Waals surface area contributed by atoms with Crippen molar-refractivity contribution in [1.29, 1.82) is 0 Å². The van der Waals surface area contributed by atoms with Crippen LogP contribution in [0.25, 0.3) is 0 Å². The maximum absolute atomic E-state index is 13.4. The van der Waals surface area contributed by atoms with E-state index >= 15 is 0 Å². The summed E-state index contributed by atoms with van der Waals surface area (Å²) in [4.78, 5) is 14.6. The van der Waals surface area contributed by atoms with Crippen LogP contribution in [0.4, 0.5) is 10.1 Å². The number of nitrogens with zero attached hydrogens (tertiary/aromatic N) is 1. The zero-order valence-electron chi connectivity index (χ0n) is 11.2. The summed E-state index contributed by atoms with van der Waals surface area (Å²) in [5.74, 6) is -0.628. The SMILES string of the molecule is Nc1cc(C(=O)N(Cc2ccsc2)C2CC2)c(Br)cc1F. The zero-order chi connectivity index (χ0) is 15.0. The Hall–Kier alpha value is -1.40. The van der Waals surface area contributed by atoms with Crippen LogP contribution in [0.15, 0.2) is 33.4 Å². The van der Waals surface area contributed by atoms with Gasteiger partial charge in [-0.2, -0.15) is 11.3 Å². The maximum Gasteiger partial charge on any atom is 0.255 e. The average molecular weight is 369 g/mol. The Morgan fingerprint density at radius 2 is 2.24 bits per heavy atom. The first kappa shape index (κ1) is 14.5. The van der Waals surface area contributed by atoms with E-state index < -0.39 is 5.82 Å². The molecule has 2 N–H and O–H groups in total. The minimum Gasteiger partial charge on any atom is -0.396 e. The van der Waals surface area contributed by atoms with Gasteiger partial charge >= 0.3 is 0 Å². The van der Waals surface area contributed by atoms with E-state index in [-0.39, 0.29) is 17.6 Å². The molecule has 0 aliphatic heterocycles. The monoisotopic (exact) mass is 368 g/mol. The molecule has 0 unspecified atom stereocenters. The second-order valence-corrected chi connectivity index (χ2v) is 6.78. The van der Waals surface area contributed by atoms with E-state index in [9.17, 15) is 9.18 Å². The summed E-state index contributed by atoms with van der Waals surface area (Å²) in [7, 11) is 0. The lowest BCUT2D eigenvalue weighted by Crippen LogP contribution is -2.32. The summed E-state index contributed by atoms with van der Waals surface area (Å²) in [6.07, 6.45) is 2.04. The molecule has 110 valence electrons. The number of nitrogens with two attached hydrogens (primary N) is 1. The number of carbonyl (C=O) groups is 1. The molecule has 3 nitrogen and oxygen atoms in total. The quantitative estimate of drug-likeness (QED) is 0.827. The van der Waals surface area contributed by atoms with E-state index in [0.29, 0.717) is 16.6 Å². The second kappa shape index (κ2) is 5.77. The van der Waals surface area contributed by atoms with Gasteiger partial charge in [0.15, 0.2) is 0 Å². The Kier molecular flexibility index (Phi) is 3.99. The van der Waals surface area contributed by atoms with E-state index in [1.54, 1.807) is 11.3 Å². The summed E-state index contributed by atoms with van der Waals surface area (Å²) in [5, 5.41) is 4.04. The summed E-state index contributed by atoms with van der Waals surface area (Å²) in [5.41, 5.74) is 7.11. The minimum atomic E-state index is -0.519. The number of anilines is 1. The van der Waals surface area contributed by atoms with Crippen molar-refractivity contribution in [3.8, 4) is 0 Å². The molecule has 1 aromatic heterocycles. The fourth-order valence-electron chi connectivity index (χ4n) is 2.22. The van der Waals surface area contributed by atoms with Gasteiger partial charge in [0.2, 0.25) is 0 Å². The smallest absolute Gasteiger partial charge is 0.255 e. The van der Waals surface area contributed by atoms with Crippen LogP contribution in [0.1, 0.15) is 28.8 Å². The zero-order valence-corrected chi connectivity index (χ0v) is 13.6. The molecule has 1 saturated carbocycles. The van der Waals surface area contributed by atoms with Crippen molar-refractivity contribution < 1.29 is 9.18 Å². The summed E-state index contributed by atoms with van der Waals surface area (Å²) in [6.45, 7) is 0.580. The lowest BCUT2D eigenvalue weighted by Gasteiger charge is -2.23. The molecule has 0 radical (unpaired) electrons. The van der Waals surface area contributed by atoms with Crippen LogP contribution >= 0.6 is 27.3 Å². The second-order valence-electron chi connectivity index (χ2n) is 5.15. The van der Waals surface area contributed by atoms with E-state index in [2.05, 4.69) is 15.9 Å². The number of carbonyl (C=O) groups excluding carboxylic acids is 1. The molecular weight excluding hydrogens is 355 g/mol. The number of hydrogen-bond donors (Lipinski definition) is 1. The Bertz CT molecular complexity index is 671. The molecule has 0 atom stereocenters. The van der Waals surface area contributed by atoms with Gasteiger partial charge in [0.05, 0.1) is 11.3 Å². The maximum atomic E-state index is 13.4. The molecular formula is C15H14BrFN2OS. The predicted molar refractivity (Wildman–Crippen MR) is 85.7 cm³/mol. The van der Waals surface area contributed by atoms with Gasteiger partial charge in [-0.05, 0) is 63.3 Å². The molecule has 1 aromatic carbocycles. The molecule has 0 spiro atoms. The van der Waals surface area contributed by atoms with E-state index in [1.165, 1.54) is 12.1 Å². The van der Waals surface area contributed by atoms with Crippen LogP contribution in [0.5, 0.6) is 0 Å². The molecule has 1 fully saturated rings. The third kappa shape index (κ3) is 3.11. The molecule has 1 aliphatic rings.